The molecule has 4 aromatic heterocycles. The SMILES string of the molecule is Cc1cc(Nc2cc(N)ncn2)c(=O)n2c1C(=O)CC21CCCCC1.Cc1cc(Nc2cc(NC(=O)C3CC3)ncn2)c(=O)n2c1C(=O)CC21CCCCC1.[K+].[OH-]. The number of Topliss-reactive ketones (excluding diaryl/α,β-unsaturated/α-hetero) is 2. The maximum atomic E-state index is 13.4. The first-order valence-corrected chi connectivity index (χ1v) is 19.3. The predicted molar refractivity (Wildman–Crippen MR) is 209 cm³/mol. The summed E-state index contributed by atoms with van der Waals surface area (Å²) in [6.07, 6.45) is 15.4. The Hall–Kier alpha value is -4.13. The van der Waals surface area contributed by atoms with Gasteiger partial charge in [-0.05, 0) is 75.6 Å². The van der Waals surface area contributed by atoms with Crippen molar-refractivity contribution in [3.05, 3.63) is 80.1 Å². The van der Waals surface area contributed by atoms with Gasteiger partial charge in [-0.3, -0.25) is 33.1 Å². The molecule has 17 heteroatoms. The van der Waals surface area contributed by atoms with E-state index in [1.54, 1.807) is 33.4 Å². The van der Waals surface area contributed by atoms with Crippen LogP contribution in [0.25, 0.3) is 0 Å². The van der Waals surface area contributed by atoms with Crippen LogP contribution in [0.3, 0.4) is 0 Å². The Bertz CT molecular complexity index is 2340. The van der Waals surface area contributed by atoms with Crippen molar-refractivity contribution >= 4 is 52.1 Å². The van der Waals surface area contributed by atoms with Crippen LogP contribution in [0.2, 0.25) is 0 Å². The van der Waals surface area contributed by atoms with Crippen molar-refractivity contribution in [3.8, 4) is 0 Å². The molecular weight excluding hydrogens is 756 g/mol. The molecule has 0 aromatic carbocycles. The number of aryl methyl sites for hydroxylation is 2. The fourth-order valence-electron chi connectivity index (χ4n) is 9.19. The van der Waals surface area contributed by atoms with Gasteiger partial charge in [0.15, 0.2) is 11.6 Å². The number of nitrogens with one attached hydrogen (secondary N) is 3. The average molecular weight is 803 g/mol. The molecule has 294 valence electrons. The van der Waals surface area contributed by atoms with E-state index >= 15 is 0 Å². The van der Waals surface area contributed by atoms with Gasteiger partial charge in [-0.2, -0.15) is 0 Å². The zero-order valence-electron chi connectivity index (χ0n) is 32.7. The first-order chi connectivity index (χ1) is 26.5. The Morgan fingerprint density at radius 1 is 0.667 bits per heavy atom. The summed E-state index contributed by atoms with van der Waals surface area (Å²) in [6.45, 7) is 3.75. The third-order valence-electron chi connectivity index (χ3n) is 11.9. The number of carbonyl (C=O) groups excluding carboxylic acids is 3. The number of rotatable bonds is 6. The first kappa shape index (κ1) is 42.5. The summed E-state index contributed by atoms with van der Waals surface area (Å²) in [5.74, 6) is 1.80. The molecule has 4 aromatic rings. The molecule has 0 unspecified atom stereocenters. The smallest absolute Gasteiger partial charge is 0.870 e. The van der Waals surface area contributed by atoms with E-state index in [-0.39, 0.29) is 102 Å². The van der Waals surface area contributed by atoms with Gasteiger partial charge in [-0.25, -0.2) is 19.9 Å². The molecule has 2 spiro atoms. The monoisotopic (exact) mass is 802 g/mol. The molecule has 3 aliphatic carbocycles. The van der Waals surface area contributed by atoms with E-state index in [2.05, 4.69) is 35.9 Å². The van der Waals surface area contributed by atoms with Crippen LogP contribution in [0.4, 0.5) is 34.6 Å². The molecule has 1 amide bonds. The Morgan fingerprint density at radius 3 is 1.56 bits per heavy atom. The number of amides is 1. The minimum absolute atomic E-state index is 0. The van der Waals surface area contributed by atoms with Crippen LogP contribution in [0.1, 0.15) is 122 Å². The summed E-state index contributed by atoms with van der Waals surface area (Å²) >= 11 is 0. The Morgan fingerprint density at radius 2 is 1.11 bits per heavy atom. The van der Waals surface area contributed by atoms with E-state index in [9.17, 15) is 24.0 Å². The number of nitrogens with zero attached hydrogens (tertiary/aromatic N) is 6. The molecule has 3 saturated carbocycles. The molecule has 16 nitrogen and oxygen atoms in total. The number of anilines is 6. The minimum atomic E-state index is -0.390. The number of hydrogen-bond donors (Lipinski definition) is 4. The molecule has 3 fully saturated rings. The molecule has 9 rings (SSSR count). The van der Waals surface area contributed by atoms with E-state index in [1.807, 2.05) is 13.8 Å². The van der Waals surface area contributed by atoms with Crippen molar-refractivity contribution in [1.29, 1.82) is 0 Å². The van der Waals surface area contributed by atoms with Gasteiger partial charge in [-0.1, -0.05) is 38.5 Å². The number of nitrogen functional groups attached to an aromatic ring is 1. The molecule has 0 saturated heterocycles. The number of hydrogen-bond acceptors (Lipinski definition) is 13. The second-order valence-electron chi connectivity index (χ2n) is 15.9. The van der Waals surface area contributed by atoms with Crippen LogP contribution < -0.4 is 84.2 Å². The minimum Gasteiger partial charge on any atom is -0.870 e. The van der Waals surface area contributed by atoms with Crippen molar-refractivity contribution in [3.63, 3.8) is 0 Å². The molecule has 57 heavy (non-hydrogen) atoms. The second-order valence-corrected chi connectivity index (χ2v) is 15.9. The first-order valence-electron chi connectivity index (χ1n) is 19.3. The molecule has 2 aliphatic heterocycles. The third-order valence-corrected chi connectivity index (χ3v) is 11.9. The average Bonchev–Trinajstić information content (AvgIpc) is 3.92. The van der Waals surface area contributed by atoms with Gasteiger partial charge in [0.05, 0.1) is 22.5 Å². The normalized spacial score (nSPS) is 18.4. The Kier molecular flexibility index (Phi) is 12.7. The zero-order valence-corrected chi connectivity index (χ0v) is 35.8. The van der Waals surface area contributed by atoms with Gasteiger partial charge in [0.25, 0.3) is 11.1 Å². The number of nitrogens with two attached hydrogens (primary N) is 1. The summed E-state index contributed by atoms with van der Waals surface area (Å²) < 4.78 is 3.51. The summed E-state index contributed by atoms with van der Waals surface area (Å²) in [7, 11) is 0. The molecular formula is C40H47KN10O6. The quantitative estimate of drug-likeness (QED) is 0.205. The van der Waals surface area contributed by atoms with Crippen molar-refractivity contribution < 1.29 is 71.2 Å². The van der Waals surface area contributed by atoms with E-state index in [1.165, 1.54) is 12.7 Å². The fourth-order valence-corrected chi connectivity index (χ4v) is 9.19. The molecule has 0 bridgehead atoms. The van der Waals surface area contributed by atoms with Crippen molar-refractivity contribution in [2.45, 2.75) is 115 Å². The number of fused-ring (bicyclic) bond motifs is 4. The number of pyridine rings is 2. The molecule has 0 radical (unpaired) electrons. The summed E-state index contributed by atoms with van der Waals surface area (Å²) in [4.78, 5) is 80.2. The maximum absolute atomic E-state index is 13.4. The van der Waals surface area contributed by atoms with Crippen LogP contribution in [-0.2, 0) is 15.9 Å². The van der Waals surface area contributed by atoms with E-state index < -0.39 is 0 Å². The topological polar surface area (TPSA) is 239 Å². The number of aromatic nitrogens is 6. The number of carbonyl (C=O) groups is 3. The summed E-state index contributed by atoms with van der Waals surface area (Å²) in [6, 6.07) is 6.65. The second kappa shape index (κ2) is 17.0. The largest absolute Gasteiger partial charge is 1.00 e. The Balaban J connectivity index is 0.000000189. The van der Waals surface area contributed by atoms with Crippen LogP contribution in [0.5, 0.6) is 0 Å². The summed E-state index contributed by atoms with van der Waals surface area (Å²) in [5, 5.41) is 8.93. The zero-order chi connectivity index (χ0) is 38.5. The van der Waals surface area contributed by atoms with Crippen LogP contribution >= 0.6 is 0 Å². The molecule has 0 atom stereocenters. The Labute approximate surface area is 372 Å². The van der Waals surface area contributed by atoms with Crippen molar-refractivity contribution in [1.82, 2.24) is 29.1 Å². The van der Waals surface area contributed by atoms with Gasteiger partial charge < -0.3 is 27.2 Å². The standard InChI is InChI=1S/C22H25N5O3.C18H21N5O2.K.H2O/c1-13-9-15(25-17-10-18(24-12-23-17)26-20(29)14-5-6-14)21(30)27-19(13)16(28)11-22(27)7-3-2-4-8-22;1-11-7-12(22-15-8-14(19)20-10-21-15)17(25)23-16(11)13(24)9-18(23)5-3-2-4-6-18;;/h9-10,12,14H,2-8,11H2,1H3,(H2,23,24,25,26,29);7-8,10H,2-6,9H2,1H3,(H3,19,20,21,22);;1H2/q;;+1;/p-1. The molecule has 6 heterocycles. The van der Waals surface area contributed by atoms with Gasteiger partial charge in [0.2, 0.25) is 5.91 Å². The van der Waals surface area contributed by atoms with Gasteiger partial charge in [-0.15, -0.1) is 0 Å². The van der Waals surface area contributed by atoms with Crippen LogP contribution in [-0.4, -0.2) is 52.0 Å². The van der Waals surface area contributed by atoms with E-state index in [0.29, 0.717) is 58.9 Å². The van der Waals surface area contributed by atoms with Gasteiger partial charge >= 0.3 is 51.4 Å². The van der Waals surface area contributed by atoms with E-state index in [0.717, 1.165) is 88.2 Å². The van der Waals surface area contributed by atoms with Crippen molar-refractivity contribution in [2.24, 2.45) is 5.92 Å². The van der Waals surface area contributed by atoms with E-state index in [4.69, 9.17) is 5.73 Å². The summed E-state index contributed by atoms with van der Waals surface area (Å²) in [5.41, 5.74) is 8.11. The van der Waals surface area contributed by atoms with Crippen molar-refractivity contribution in [2.75, 3.05) is 21.7 Å². The number of ketones is 2. The van der Waals surface area contributed by atoms with Gasteiger partial charge in [0, 0.05) is 30.9 Å². The molecule has 6 N–H and O–H groups in total. The van der Waals surface area contributed by atoms with Crippen LogP contribution in [0, 0.1) is 19.8 Å². The fraction of sp³-hybridized carbons (Fsp3) is 0.475. The van der Waals surface area contributed by atoms with Crippen LogP contribution in [0.15, 0.2) is 46.5 Å². The maximum Gasteiger partial charge on any atom is 1.00 e. The predicted octanol–water partition coefficient (Wildman–Crippen LogP) is 2.63. The van der Waals surface area contributed by atoms with Gasteiger partial charge in [0.1, 0.15) is 47.3 Å². The third kappa shape index (κ3) is 8.27. The molecule has 5 aliphatic rings.